The van der Waals surface area contributed by atoms with E-state index in [9.17, 15) is 30.0 Å². The Kier molecular flexibility index (Phi) is 4.03. The van der Waals surface area contributed by atoms with Gasteiger partial charge in [0.15, 0.2) is 10.0 Å². The summed E-state index contributed by atoms with van der Waals surface area (Å²) in [7, 11) is -11.2. The Bertz CT molecular complexity index is 464. The van der Waals surface area contributed by atoms with Gasteiger partial charge in [0.25, 0.3) is 0 Å². The van der Waals surface area contributed by atoms with Gasteiger partial charge in [-0.25, -0.2) is 16.8 Å². The van der Waals surface area contributed by atoms with Crippen LogP contribution >= 0.6 is 0 Å². The van der Waals surface area contributed by atoms with Gasteiger partial charge >= 0.3 is 5.51 Å². The van der Waals surface area contributed by atoms with Crippen molar-refractivity contribution in [1.82, 2.24) is 0 Å². The van der Waals surface area contributed by atoms with Crippen molar-refractivity contribution in [3.63, 3.8) is 0 Å². The van der Waals surface area contributed by atoms with Crippen LogP contribution in [-0.4, -0.2) is 42.2 Å². The van der Waals surface area contributed by atoms with E-state index in [1.165, 1.54) is 0 Å². The number of alkyl halides is 3. The highest BCUT2D eigenvalue weighted by molar-refractivity contribution is 8.10. The molecule has 1 aliphatic heterocycles. The molecular formula is C5H7F3NO6S2-. The zero-order valence-corrected chi connectivity index (χ0v) is 9.68. The molecule has 0 N–H and O–H groups in total. The molecule has 1 rings (SSSR count). The molecule has 0 aromatic carbocycles. The number of nitrogens with zero attached hydrogens (tertiary/aromatic N) is 1. The second-order valence-electron chi connectivity index (χ2n) is 3.11. The van der Waals surface area contributed by atoms with Crippen LogP contribution in [-0.2, 0) is 29.2 Å². The fourth-order valence-corrected chi connectivity index (χ4v) is 2.58. The predicted octanol–water partition coefficient (Wildman–Crippen LogP) is 0.118. The minimum Gasteiger partial charge on any atom is -0.404 e. The summed E-state index contributed by atoms with van der Waals surface area (Å²) in [4.78, 5) is 0. The molecule has 0 aromatic heterocycles. The Labute approximate surface area is 95.2 Å². The van der Waals surface area contributed by atoms with E-state index in [0.29, 0.717) is 0 Å². The van der Waals surface area contributed by atoms with Crippen molar-refractivity contribution < 1.29 is 38.9 Å². The van der Waals surface area contributed by atoms with Crippen LogP contribution in [0.5, 0.6) is 0 Å². The lowest BCUT2D eigenvalue weighted by Crippen LogP contribution is -2.33. The molecule has 102 valence electrons. The first kappa shape index (κ1) is 14.6. The lowest BCUT2D eigenvalue weighted by molar-refractivity contribution is -0.0499. The number of halogens is 3. The maximum absolute atomic E-state index is 11.8. The highest BCUT2D eigenvalue weighted by Gasteiger charge is 2.40. The topological polar surface area (TPSA) is 101 Å². The van der Waals surface area contributed by atoms with E-state index in [0.717, 1.165) is 0 Å². The molecule has 1 aliphatic rings. The quantitative estimate of drug-likeness (QED) is 0.714. The average molecular weight is 298 g/mol. The van der Waals surface area contributed by atoms with Gasteiger partial charge in [0.1, 0.15) is 0 Å². The monoisotopic (exact) mass is 298 g/mol. The lowest BCUT2D eigenvalue weighted by atomic mass is 10.1. The molecule has 1 fully saturated rings. The molecule has 1 heterocycles. The van der Waals surface area contributed by atoms with Crippen LogP contribution in [0.2, 0.25) is 0 Å². The Morgan fingerprint density at radius 1 is 1.24 bits per heavy atom. The maximum Gasteiger partial charge on any atom is 0.480 e. The van der Waals surface area contributed by atoms with Gasteiger partial charge in [0.2, 0.25) is 10.3 Å². The summed E-state index contributed by atoms with van der Waals surface area (Å²) in [5.41, 5.74) is -5.77. The molecule has 0 amide bonds. The highest BCUT2D eigenvalue weighted by atomic mass is 32.3. The second kappa shape index (κ2) is 4.68. The van der Waals surface area contributed by atoms with Crippen LogP contribution in [0.25, 0.3) is 4.13 Å². The molecule has 1 saturated heterocycles. The number of sulfonamides is 1. The van der Waals surface area contributed by atoms with Crippen molar-refractivity contribution >= 4 is 20.3 Å². The van der Waals surface area contributed by atoms with Crippen LogP contribution in [0.3, 0.4) is 0 Å². The fraction of sp³-hybridized carbons (Fsp3) is 1.00. The van der Waals surface area contributed by atoms with Crippen molar-refractivity contribution in [1.29, 1.82) is 0 Å². The molecule has 0 bridgehead atoms. The molecular weight excluding hydrogens is 291 g/mol. The van der Waals surface area contributed by atoms with Crippen LogP contribution in [0.4, 0.5) is 13.2 Å². The predicted molar refractivity (Wildman–Crippen MR) is 47.5 cm³/mol. The van der Waals surface area contributed by atoms with Crippen LogP contribution < -0.4 is 0 Å². The molecule has 12 heteroatoms. The zero-order valence-electron chi connectivity index (χ0n) is 8.05. The number of ether oxygens (including phenoxy) is 1. The Hall–Kier alpha value is -0.430. The molecule has 0 saturated carbocycles. The van der Waals surface area contributed by atoms with Crippen molar-refractivity contribution in [2.45, 2.75) is 5.51 Å². The molecule has 0 aliphatic carbocycles. The minimum absolute atomic E-state index is 0.196. The first-order valence-corrected chi connectivity index (χ1v) is 6.87. The van der Waals surface area contributed by atoms with Crippen LogP contribution in [0.1, 0.15) is 0 Å². The normalized spacial score (nSPS) is 19.0. The Morgan fingerprint density at radius 2 is 1.76 bits per heavy atom. The lowest BCUT2D eigenvalue weighted by Gasteiger charge is -2.27. The van der Waals surface area contributed by atoms with Crippen LogP contribution in [0, 0.1) is 5.92 Å². The van der Waals surface area contributed by atoms with Crippen molar-refractivity contribution in [2.75, 3.05) is 19.8 Å². The third-order valence-electron chi connectivity index (χ3n) is 1.64. The first-order valence-electron chi connectivity index (χ1n) is 4.06. The van der Waals surface area contributed by atoms with E-state index in [1.54, 1.807) is 4.13 Å². The van der Waals surface area contributed by atoms with Gasteiger partial charge in [0.05, 0.1) is 19.8 Å². The highest BCUT2D eigenvalue weighted by Crippen LogP contribution is 2.30. The summed E-state index contributed by atoms with van der Waals surface area (Å²) in [6, 6.07) is 0. The molecule has 0 radical (unpaired) electrons. The van der Waals surface area contributed by atoms with E-state index >= 15 is 0 Å². The second-order valence-corrected chi connectivity index (χ2v) is 6.21. The van der Waals surface area contributed by atoms with Crippen LogP contribution in [0.15, 0.2) is 0 Å². The van der Waals surface area contributed by atoms with Crippen molar-refractivity contribution in [3.05, 3.63) is 4.13 Å². The summed E-state index contributed by atoms with van der Waals surface area (Å²) in [6.45, 7) is -0.0811. The summed E-state index contributed by atoms with van der Waals surface area (Å²) < 4.78 is 88.3. The van der Waals surface area contributed by atoms with Gasteiger partial charge in [0, 0.05) is 5.92 Å². The zero-order chi connectivity index (χ0) is 13.3. The SMILES string of the molecule is O=S(=O)([N-]S(=O)(=O)C(F)(F)F)OCC1COC1. The van der Waals surface area contributed by atoms with Gasteiger partial charge in [-0.15, -0.1) is 0 Å². The van der Waals surface area contributed by atoms with Gasteiger partial charge in [-0.2, -0.15) is 13.2 Å². The molecule has 0 atom stereocenters. The van der Waals surface area contributed by atoms with Gasteiger partial charge in [-0.1, -0.05) is 0 Å². The van der Waals surface area contributed by atoms with E-state index in [1.807, 2.05) is 0 Å². The first-order chi connectivity index (χ1) is 7.54. The van der Waals surface area contributed by atoms with E-state index in [-0.39, 0.29) is 19.1 Å². The molecule has 17 heavy (non-hydrogen) atoms. The Morgan fingerprint density at radius 3 is 2.12 bits per heavy atom. The van der Waals surface area contributed by atoms with Gasteiger partial charge in [-0.3, -0.25) is 4.18 Å². The summed E-state index contributed by atoms with van der Waals surface area (Å²) >= 11 is 0. The van der Waals surface area contributed by atoms with E-state index in [4.69, 9.17) is 0 Å². The maximum atomic E-state index is 11.8. The third kappa shape index (κ3) is 4.06. The summed E-state index contributed by atoms with van der Waals surface area (Å²) in [6.07, 6.45) is 0. The Balaban J connectivity index is 2.60. The average Bonchev–Trinajstić information content (AvgIpc) is 1.95. The number of hydrogen-bond donors (Lipinski definition) is 0. The molecule has 0 unspecified atom stereocenters. The van der Waals surface area contributed by atoms with Gasteiger partial charge in [-0.05, 0) is 0 Å². The third-order valence-corrected chi connectivity index (χ3v) is 4.18. The fourth-order valence-electron chi connectivity index (χ4n) is 0.747. The summed E-state index contributed by atoms with van der Waals surface area (Å²) in [5.74, 6) is -0.298. The number of hydrogen-bond acceptors (Lipinski definition) is 6. The van der Waals surface area contributed by atoms with E-state index in [2.05, 4.69) is 8.92 Å². The van der Waals surface area contributed by atoms with Crippen molar-refractivity contribution in [2.24, 2.45) is 5.92 Å². The van der Waals surface area contributed by atoms with Gasteiger partial charge < -0.3 is 8.86 Å². The molecule has 0 spiro atoms. The standard InChI is InChI=1S/C5H7F3NO6S2/c6-5(7,8)16(10,11)9-17(12,13)15-3-4-1-14-2-4/h4H,1-3H2/q-1. The van der Waals surface area contributed by atoms with Crippen molar-refractivity contribution in [3.8, 4) is 0 Å². The smallest absolute Gasteiger partial charge is 0.404 e. The largest absolute Gasteiger partial charge is 0.480 e. The summed E-state index contributed by atoms with van der Waals surface area (Å²) in [5, 5.41) is 0. The molecule has 0 aromatic rings. The van der Waals surface area contributed by atoms with E-state index < -0.39 is 32.4 Å². The molecule has 7 nitrogen and oxygen atoms in total. The minimum atomic E-state index is -6.11. The number of rotatable bonds is 5.